The van der Waals surface area contributed by atoms with Gasteiger partial charge in [0.15, 0.2) is 0 Å². The fourth-order valence-corrected chi connectivity index (χ4v) is 1.36. The van der Waals surface area contributed by atoms with Crippen LogP contribution < -0.4 is 5.73 Å². The molecule has 3 N–H and O–H groups in total. The maximum atomic E-state index is 12.1. The van der Waals surface area contributed by atoms with Crippen molar-refractivity contribution in [1.82, 2.24) is 0 Å². The molecule has 0 unspecified atom stereocenters. The number of benzene rings is 1. The van der Waals surface area contributed by atoms with Gasteiger partial charge in [0.2, 0.25) is 5.91 Å². The Kier molecular flexibility index (Phi) is 3.54. The van der Waals surface area contributed by atoms with E-state index in [4.69, 9.17) is 10.8 Å². The summed E-state index contributed by atoms with van der Waals surface area (Å²) in [6, 6.07) is 3.50. The smallest absolute Gasteiger partial charge is 0.392 e. The number of carbonyl (C=O) groups is 1. The highest BCUT2D eigenvalue weighted by Gasteiger charge is 2.27. The van der Waals surface area contributed by atoms with Crippen LogP contribution in [-0.4, -0.2) is 17.2 Å². The van der Waals surface area contributed by atoms with E-state index in [-0.39, 0.29) is 16.7 Å². The van der Waals surface area contributed by atoms with Gasteiger partial charge >= 0.3 is 6.18 Å². The minimum atomic E-state index is -4.32. The van der Waals surface area contributed by atoms with Crippen molar-refractivity contribution >= 4 is 5.91 Å². The molecule has 0 spiro atoms. The third kappa shape index (κ3) is 3.23. The summed E-state index contributed by atoms with van der Waals surface area (Å²) in [5.74, 6) is -0.775. The summed E-state index contributed by atoms with van der Waals surface area (Å²) >= 11 is 0. The van der Waals surface area contributed by atoms with Gasteiger partial charge in [-0.1, -0.05) is 12.1 Å². The second kappa shape index (κ2) is 4.52. The summed E-state index contributed by atoms with van der Waals surface area (Å²) in [4.78, 5) is 10.9. The molecule has 88 valence electrons. The fraction of sp³-hybridized carbons (Fsp3) is 0.300. The molecule has 0 aromatic heterocycles. The maximum absolute atomic E-state index is 12.1. The molecule has 1 aromatic rings. The molecular formula is C10H10F3NO2. The van der Waals surface area contributed by atoms with Gasteiger partial charge in [-0.05, 0) is 17.2 Å². The van der Waals surface area contributed by atoms with Gasteiger partial charge in [-0.15, -0.1) is 0 Å². The summed E-state index contributed by atoms with van der Waals surface area (Å²) in [7, 11) is 0. The van der Waals surface area contributed by atoms with Gasteiger partial charge in [-0.2, -0.15) is 13.2 Å². The third-order valence-electron chi connectivity index (χ3n) is 2.01. The molecule has 0 bridgehead atoms. The summed E-state index contributed by atoms with van der Waals surface area (Å²) in [5.41, 5.74) is 5.12. The van der Waals surface area contributed by atoms with Crippen molar-refractivity contribution in [2.24, 2.45) is 5.73 Å². The van der Waals surface area contributed by atoms with Gasteiger partial charge in [-0.3, -0.25) is 4.79 Å². The number of hydrogen-bond donors (Lipinski definition) is 2. The molecule has 0 atom stereocenters. The summed E-state index contributed by atoms with van der Waals surface area (Å²) in [6.07, 6.45) is -5.42. The minimum absolute atomic E-state index is 0.0125. The number of amides is 1. The third-order valence-corrected chi connectivity index (χ3v) is 2.01. The van der Waals surface area contributed by atoms with E-state index in [0.29, 0.717) is 0 Å². The molecule has 16 heavy (non-hydrogen) atoms. The minimum Gasteiger partial charge on any atom is -0.392 e. The Morgan fingerprint density at radius 2 is 2.00 bits per heavy atom. The number of rotatable bonds is 3. The lowest BCUT2D eigenvalue weighted by Gasteiger charge is -2.09. The average Bonchev–Trinajstić information content (AvgIpc) is 2.14. The van der Waals surface area contributed by atoms with Crippen LogP contribution in [0.2, 0.25) is 0 Å². The first-order valence-corrected chi connectivity index (χ1v) is 4.42. The van der Waals surface area contributed by atoms with Crippen LogP contribution in [0.15, 0.2) is 18.2 Å². The SMILES string of the molecule is NC(=O)c1ccc(CC(F)(F)F)cc1CO. The van der Waals surface area contributed by atoms with Crippen molar-refractivity contribution in [2.75, 3.05) is 0 Å². The van der Waals surface area contributed by atoms with E-state index in [9.17, 15) is 18.0 Å². The molecule has 0 radical (unpaired) electrons. The van der Waals surface area contributed by atoms with E-state index in [1.165, 1.54) is 12.1 Å². The fourth-order valence-electron chi connectivity index (χ4n) is 1.36. The lowest BCUT2D eigenvalue weighted by atomic mass is 10.0. The summed E-state index contributed by atoms with van der Waals surface area (Å²) in [6.45, 7) is -0.524. The van der Waals surface area contributed by atoms with E-state index >= 15 is 0 Å². The number of aliphatic hydroxyl groups excluding tert-OH is 1. The van der Waals surface area contributed by atoms with Crippen LogP contribution in [0.4, 0.5) is 13.2 Å². The number of aliphatic hydroxyl groups is 1. The van der Waals surface area contributed by atoms with E-state index in [1.54, 1.807) is 0 Å². The van der Waals surface area contributed by atoms with Crippen LogP contribution in [0, 0.1) is 0 Å². The largest absolute Gasteiger partial charge is 0.393 e. The highest BCUT2D eigenvalue weighted by molar-refractivity contribution is 5.94. The van der Waals surface area contributed by atoms with Gasteiger partial charge in [-0.25, -0.2) is 0 Å². The number of halogens is 3. The molecule has 0 saturated carbocycles. The van der Waals surface area contributed by atoms with Crippen molar-refractivity contribution < 1.29 is 23.1 Å². The Morgan fingerprint density at radius 1 is 1.38 bits per heavy atom. The molecule has 0 aliphatic carbocycles. The lowest BCUT2D eigenvalue weighted by molar-refractivity contribution is -0.127. The zero-order valence-corrected chi connectivity index (χ0v) is 8.21. The first-order chi connectivity index (χ1) is 7.33. The molecule has 6 heteroatoms. The topological polar surface area (TPSA) is 63.3 Å². The second-order valence-corrected chi connectivity index (χ2v) is 3.31. The van der Waals surface area contributed by atoms with Crippen LogP contribution in [0.1, 0.15) is 21.5 Å². The standard InChI is InChI=1S/C10H10F3NO2/c11-10(12,13)4-6-1-2-8(9(14)16)7(3-6)5-15/h1-3,15H,4-5H2,(H2,14,16). The average molecular weight is 233 g/mol. The van der Waals surface area contributed by atoms with Crippen LogP contribution in [0.25, 0.3) is 0 Å². The van der Waals surface area contributed by atoms with Gasteiger partial charge in [0, 0.05) is 5.56 Å². The molecule has 1 amide bonds. The molecule has 0 heterocycles. The first kappa shape index (κ1) is 12.5. The van der Waals surface area contributed by atoms with E-state index in [1.807, 2.05) is 0 Å². The Labute approximate surface area is 89.7 Å². The van der Waals surface area contributed by atoms with Gasteiger partial charge in [0.1, 0.15) is 0 Å². The zero-order valence-electron chi connectivity index (χ0n) is 8.21. The van der Waals surface area contributed by atoms with Crippen LogP contribution in [-0.2, 0) is 13.0 Å². The van der Waals surface area contributed by atoms with Gasteiger partial charge in [0.05, 0.1) is 13.0 Å². The molecule has 1 aromatic carbocycles. The maximum Gasteiger partial charge on any atom is 0.393 e. The van der Waals surface area contributed by atoms with Crippen molar-refractivity contribution in [3.8, 4) is 0 Å². The Balaban J connectivity index is 3.05. The zero-order chi connectivity index (χ0) is 12.3. The molecule has 1 rings (SSSR count). The highest BCUT2D eigenvalue weighted by atomic mass is 19.4. The molecular weight excluding hydrogens is 223 g/mol. The lowest BCUT2D eigenvalue weighted by Crippen LogP contribution is -2.16. The number of hydrogen-bond acceptors (Lipinski definition) is 2. The number of nitrogens with two attached hydrogens (primary N) is 1. The van der Waals surface area contributed by atoms with Crippen molar-refractivity contribution in [3.05, 3.63) is 34.9 Å². The number of alkyl halides is 3. The summed E-state index contributed by atoms with van der Waals surface area (Å²) in [5, 5.41) is 8.90. The predicted molar refractivity (Wildman–Crippen MR) is 50.6 cm³/mol. The monoisotopic (exact) mass is 233 g/mol. The van der Waals surface area contributed by atoms with Crippen molar-refractivity contribution in [3.63, 3.8) is 0 Å². The summed E-state index contributed by atoms with van der Waals surface area (Å²) < 4.78 is 36.2. The van der Waals surface area contributed by atoms with E-state index in [0.717, 1.165) is 6.07 Å². The van der Waals surface area contributed by atoms with Gasteiger partial charge < -0.3 is 10.8 Å². The second-order valence-electron chi connectivity index (χ2n) is 3.31. The normalized spacial score (nSPS) is 11.5. The Morgan fingerprint density at radius 3 is 2.44 bits per heavy atom. The molecule has 0 fully saturated rings. The molecule has 0 aliphatic heterocycles. The number of primary amides is 1. The van der Waals surface area contributed by atoms with Crippen LogP contribution >= 0.6 is 0 Å². The molecule has 3 nitrogen and oxygen atoms in total. The Bertz CT molecular complexity index is 402. The molecule has 0 saturated heterocycles. The van der Waals surface area contributed by atoms with Gasteiger partial charge in [0.25, 0.3) is 0 Å². The van der Waals surface area contributed by atoms with Crippen molar-refractivity contribution in [2.45, 2.75) is 19.2 Å². The highest BCUT2D eigenvalue weighted by Crippen LogP contribution is 2.22. The first-order valence-electron chi connectivity index (χ1n) is 4.42. The van der Waals surface area contributed by atoms with E-state index < -0.39 is 25.1 Å². The predicted octanol–water partition coefficient (Wildman–Crippen LogP) is 1.38. The number of carbonyl (C=O) groups excluding carboxylic acids is 1. The van der Waals surface area contributed by atoms with Crippen LogP contribution in [0.5, 0.6) is 0 Å². The van der Waals surface area contributed by atoms with Crippen molar-refractivity contribution in [1.29, 1.82) is 0 Å². The quantitative estimate of drug-likeness (QED) is 0.828. The van der Waals surface area contributed by atoms with E-state index in [2.05, 4.69) is 0 Å². The van der Waals surface area contributed by atoms with Crippen LogP contribution in [0.3, 0.4) is 0 Å². The molecule has 0 aliphatic rings. The Hall–Kier alpha value is -1.56.